The second-order valence-electron chi connectivity index (χ2n) is 7.10. The number of hydrazine groups is 1. The average Bonchev–Trinajstić information content (AvgIpc) is 2.95. The number of nitrogens with zero attached hydrogens (tertiary/aromatic N) is 1. The molecule has 0 saturated heterocycles. The summed E-state index contributed by atoms with van der Waals surface area (Å²) in [6.07, 6.45) is 0. The number of carbonyl (C=O) groups is 1. The van der Waals surface area contributed by atoms with Crippen molar-refractivity contribution in [2.75, 3.05) is 24.7 Å². The summed E-state index contributed by atoms with van der Waals surface area (Å²) in [5.41, 5.74) is 3.92. The third-order valence-corrected chi connectivity index (χ3v) is 6.22. The summed E-state index contributed by atoms with van der Waals surface area (Å²) in [5.74, 6) is 7.64. The van der Waals surface area contributed by atoms with E-state index in [0.717, 1.165) is 32.5 Å². The average molecular weight is 451 g/mol. The van der Waals surface area contributed by atoms with Crippen molar-refractivity contribution in [2.24, 2.45) is 5.84 Å². The van der Waals surface area contributed by atoms with Gasteiger partial charge in [0, 0.05) is 64.3 Å². The van der Waals surface area contributed by atoms with Crippen LogP contribution < -0.4 is 21.2 Å². The highest BCUT2D eigenvalue weighted by Gasteiger charge is 2.55. The predicted molar refractivity (Wildman–Crippen MR) is 116 cm³/mol. The number of hydrogen-bond acceptors (Lipinski definition) is 5. The van der Waals surface area contributed by atoms with E-state index in [1.807, 2.05) is 68.7 Å². The molecule has 0 saturated carbocycles. The van der Waals surface area contributed by atoms with Crippen LogP contribution in [0.5, 0.6) is 11.5 Å². The third kappa shape index (κ3) is 2.28. The van der Waals surface area contributed by atoms with Crippen molar-refractivity contribution in [2.45, 2.75) is 5.54 Å². The lowest BCUT2D eigenvalue weighted by Crippen LogP contribution is -2.51. The maximum absolute atomic E-state index is 13.2. The number of benzene rings is 3. The molecule has 3 aromatic rings. The van der Waals surface area contributed by atoms with Crippen LogP contribution >= 0.6 is 15.9 Å². The van der Waals surface area contributed by atoms with Crippen LogP contribution in [0, 0.1) is 0 Å². The molecule has 0 bridgehead atoms. The van der Waals surface area contributed by atoms with Gasteiger partial charge in [0.2, 0.25) is 0 Å². The number of nitrogens with one attached hydrogen (secondary N) is 2. The van der Waals surface area contributed by atoms with Gasteiger partial charge in [-0.1, -0.05) is 28.1 Å². The first-order valence-corrected chi connectivity index (χ1v) is 10.0. The van der Waals surface area contributed by atoms with E-state index in [1.54, 1.807) is 0 Å². The van der Waals surface area contributed by atoms with E-state index >= 15 is 0 Å². The van der Waals surface area contributed by atoms with Crippen molar-refractivity contribution in [3.8, 4) is 11.5 Å². The van der Waals surface area contributed by atoms with E-state index in [2.05, 4.69) is 26.6 Å². The van der Waals surface area contributed by atoms with Gasteiger partial charge in [-0.2, -0.15) is 0 Å². The molecule has 2 aliphatic heterocycles. The number of amides is 1. The summed E-state index contributed by atoms with van der Waals surface area (Å²) in [6, 6.07) is 17.4. The molecule has 7 heteroatoms. The van der Waals surface area contributed by atoms with Crippen LogP contribution in [0.3, 0.4) is 0 Å². The summed E-state index contributed by atoms with van der Waals surface area (Å²) < 4.78 is 7.17. The number of halogens is 1. The summed E-state index contributed by atoms with van der Waals surface area (Å²) in [6.45, 7) is 0. The third-order valence-electron chi connectivity index (χ3n) is 5.72. The van der Waals surface area contributed by atoms with E-state index in [9.17, 15) is 4.79 Å². The number of carbonyl (C=O) groups excluding carboxylic acids is 1. The zero-order chi connectivity index (χ0) is 20.3. The Hall–Kier alpha value is -3.03. The highest BCUT2D eigenvalue weighted by Crippen LogP contribution is 2.57. The summed E-state index contributed by atoms with van der Waals surface area (Å²) in [7, 11) is 3.71. The smallest absolute Gasteiger partial charge is 0.269 e. The molecule has 6 nitrogen and oxygen atoms in total. The lowest BCUT2D eigenvalue weighted by Gasteiger charge is -2.42. The van der Waals surface area contributed by atoms with Gasteiger partial charge in [-0.05, 0) is 30.3 Å². The van der Waals surface area contributed by atoms with Crippen LogP contribution in [0.1, 0.15) is 27.0 Å². The number of fused-ring (bicyclic) bond motifs is 6. The van der Waals surface area contributed by atoms with Crippen LogP contribution in [-0.4, -0.2) is 25.0 Å². The standard InChI is InChI=1S/C22H19BrN4O2/c1-25-13-4-7-16-19(10-13)29-20-11-14(26-2)5-8-17(20)22(16)18-9-12(23)3-6-15(18)21(28)27(22)24/h3-11,25-26H,24H2,1-2H3. The van der Waals surface area contributed by atoms with Gasteiger partial charge < -0.3 is 15.4 Å². The summed E-state index contributed by atoms with van der Waals surface area (Å²) in [4.78, 5) is 13.2. The van der Waals surface area contributed by atoms with Crippen LogP contribution in [-0.2, 0) is 5.54 Å². The second kappa shape index (κ2) is 6.23. The first kappa shape index (κ1) is 18.0. The molecule has 29 heavy (non-hydrogen) atoms. The van der Waals surface area contributed by atoms with Gasteiger partial charge in [0.1, 0.15) is 17.0 Å². The number of nitrogens with two attached hydrogens (primary N) is 1. The molecule has 2 heterocycles. The minimum absolute atomic E-state index is 0.221. The van der Waals surface area contributed by atoms with E-state index in [0.29, 0.717) is 17.1 Å². The van der Waals surface area contributed by atoms with Crippen LogP contribution in [0.25, 0.3) is 0 Å². The molecule has 2 aliphatic rings. The van der Waals surface area contributed by atoms with Crippen molar-refractivity contribution in [1.29, 1.82) is 0 Å². The van der Waals surface area contributed by atoms with Gasteiger partial charge in [0.15, 0.2) is 0 Å². The second-order valence-corrected chi connectivity index (χ2v) is 8.02. The zero-order valence-electron chi connectivity index (χ0n) is 15.9. The molecule has 0 unspecified atom stereocenters. The Morgan fingerprint density at radius 2 is 1.48 bits per heavy atom. The molecule has 0 aromatic heterocycles. The van der Waals surface area contributed by atoms with Gasteiger partial charge in [0.25, 0.3) is 5.91 Å². The Morgan fingerprint density at radius 3 is 2.03 bits per heavy atom. The number of ether oxygens (including phenoxy) is 1. The normalized spacial score (nSPS) is 15.4. The quantitative estimate of drug-likeness (QED) is 0.401. The fourth-order valence-electron chi connectivity index (χ4n) is 4.35. The van der Waals surface area contributed by atoms with Crippen molar-refractivity contribution in [3.05, 3.63) is 81.3 Å². The monoisotopic (exact) mass is 450 g/mol. The molecule has 0 aliphatic carbocycles. The minimum atomic E-state index is -0.975. The fourth-order valence-corrected chi connectivity index (χ4v) is 4.71. The Bertz CT molecular complexity index is 1120. The Morgan fingerprint density at radius 1 is 0.897 bits per heavy atom. The van der Waals surface area contributed by atoms with Crippen molar-refractivity contribution in [1.82, 2.24) is 5.01 Å². The molecular weight excluding hydrogens is 432 g/mol. The molecule has 3 aromatic carbocycles. The van der Waals surface area contributed by atoms with E-state index in [1.165, 1.54) is 5.01 Å². The van der Waals surface area contributed by atoms with Crippen LogP contribution in [0.2, 0.25) is 0 Å². The van der Waals surface area contributed by atoms with Gasteiger partial charge in [-0.25, -0.2) is 5.84 Å². The van der Waals surface area contributed by atoms with Crippen molar-refractivity contribution >= 4 is 33.2 Å². The SMILES string of the molecule is CNc1ccc2c(c1)Oc1cc(NC)ccc1C21c2cc(Br)ccc2C(=O)N1N. The molecular formula is C22H19BrN4O2. The van der Waals surface area contributed by atoms with E-state index in [4.69, 9.17) is 10.6 Å². The van der Waals surface area contributed by atoms with Crippen LogP contribution in [0.15, 0.2) is 59.1 Å². The maximum Gasteiger partial charge on any atom is 0.269 e. The lowest BCUT2D eigenvalue weighted by atomic mass is 9.75. The van der Waals surface area contributed by atoms with Gasteiger partial charge >= 0.3 is 0 Å². The molecule has 5 rings (SSSR count). The van der Waals surface area contributed by atoms with Crippen molar-refractivity contribution in [3.63, 3.8) is 0 Å². The highest BCUT2D eigenvalue weighted by atomic mass is 79.9. The zero-order valence-corrected chi connectivity index (χ0v) is 17.5. The largest absolute Gasteiger partial charge is 0.456 e. The minimum Gasteiger partial charge on any atom is -0.456 e. The molecule has 0 radical (unpaired) electrons. The number of hydrogen-bond donors (Lipinski definition) is 3. The van der Waals surface area contributed by atoms with E-state index < -0.39 is 5.54 Å². The molecule has 1 amide bonds. The number of anilines is 2. The Kier molecular flexibility index (Phi) is 3.88. The molecule has 0 fully saturated rings. The van der Waals surface area contributed by atoms with Gasteiger partial charge in [-0.15, -0.1) is 0 Å². The summed E-state index contributed by atoms with van der Waals surface area (Å²) >= 11 is 3.56. The summed E-state index contributed by atoms with van der Waals surface area (Å²) in [5, 5.41) is 7.61. The van der Waals surface area contributed by atoms with Crippen LogP contribution in [0.4, 0.5) is 11.4 Å². The molecule has 4 N–H and O–H groups in total. The lowest BCUT2D eigenvalue weighted by molar-refractivity contribution is 0.0665. The highest BCUT2D eigenvalue weighted by molar-refractivity contribution is 9.10. The predicted octanol–water partition coefficient (Wildman–Crippen LogP) is 4.26. The molecule has 0 atom stereocenters. The first-order chi connectivity index (χ1) is 14.0. The van der Waals surface area contributed by atoms with Gasteiger partial charge in [-0.3, -0.25) is 9.80 Å². The molecule has 146 valence electrons. The Labute approximate surface area is 176 Å². The Balaban J connectivity index is 1.91. The number of rotatable bonds is 2. The maximum atomic E-state index is 13.2. The topological polar surface area (TPSA) is 79.6 Å². The molecule has 1 spiro atoms. The first-order valence-electron chi connectivity index (χ1n) is 9.22. The fraction of sp³-hybridized carbons (Fsp3) is 0.136. The van der Waals surface area contributed by atoms with E-state index in [-0.39, 0.29) is 5.91 Å². The van der Waals surface area contributed by atoms with Gasteiger partial charge in [0.05, 0.1) is 0 Å². The van der Waals surface area contributed by atoms with Crippen molar-refractivity contribution < 1.29 is 9.53 Å².